The van der Waals surface area contributed by atoms with Gasteiger partial charge in [-0.15, -0.1) is 0 Å². The van der Waals surface area contributed by atoms with E-state index < -0.39 is 0 Å². The molecule has 2 heteroatoms. The average Bonchev–Trinajstić information content (AvgIpc) is 2.28. The molecule has 0 N–H and O–H groups in total. The molecule has 2 rings (SSSR count). The number of halogens is 1. The van der Waals surface area contributed by atoms with Crippen molar-refractivity contribution in [2.24, 2.45) is 0 Å². The molecular weight excluding hydrogens is 274 g/mol. The lowest BCUT2D eigenvalue weighted by atomic mass is 9.88. The van der Waals surface area contributed by atoms with E-state index in [1.54, 1.807) is 0 Å². The third-order valence-corrected chi connectivity index (χ3v) is 4.18. The van der Waals surface area contributed by atoms with Crippen LogP contribution in [0.1, 0.15) is 45.1 Å². The van der Waals surface area contributed by atoms with Gasteiger partial charge in [0.2, 0.25) is 0 Å². The fourth-order valence-corrected chi connectivity index (χ4v) is 3.04. The van der Waals surface area contributed by atoms with Crippen LogP contribution in [-0.4, -0.2) is 23.5 Å². The standard InChI is InChI=1S/C15H22BrN/c1-15(2,3)17-9-5-7-13(11-17)12-6-4-8-14(16)10-12/h4,6,8,10,13H,5,7,9,11H2,1-3H3. The van der Waals surface area contributed by atoms with E-state index in [4.69, 9.17) is 0 Å². The Balaban J connectivity index is 2.12. The number of hydrogen-bond donors (Lipinski definition) is 0. The molecule has 1 aliphatic heterocycles. The van der Waals surface area contributed by atoms with Crippen molar-refractivity contribution in [3.05, 3.63) is 34.3 Å². The van der Waals surface area contributed by atoms with Crippen molar-refractivity contribution in [3.63, 3.8) is 0 Å². The zero-order valence-electron chi connectivity index (χ0n) is 11.0. The SMILES string of the molecule is CC(C)(C)N1CCCC(c2cccc(Br)c2)C1. The highest BCUT2D eigenvalue weighted by Gasteiger charge is 2.28. The monoisotopic (exact) mass is 295 g/mol. The summed E-state index contributed by atoms with van der Waals surface area (Å²) >= 11 is 3.57. The predicted molar refractivity (Wildman–Crippen MR) is 77.4 cm³/mol. The van der Waals surface area contributed by atoms with Crippen LogP contribution in [0.2, 0.25) is 0 Å². The highest BCUT2D eigenvalue weighted by atomic mass is 79.9. The van der Waals surface area contributed by atoms with Crippen LogP contribution in [0.5, 0.6) is 0 Å². The van der Waals surface area contributed by atoms with Gasteiger partial charge in [0.1, 0.15) is 0 Å². The molecule has 1 aromatic carbocycles. The molecule has 1 saturated heterocycles. The Hall–Kier alpha value is -0.340. The van der Waals surface area contributed by atoms with Gasteiger partial charge < -0.3 is 0 Å². The first-order valence-corrected chi connectivity index (χ1v) is 7.26. The fourth-order valence-electron chi connectivity index (χ4n) is 2.62. The lowest BCUT2D eigenvalue weighted by Gasteiger charge is -2.41. The summed E-state index contributed by atoms with van der Waals surface area (Å²) in [7, 11) is 0. The smallest absolute Gasteiger partial charge is 0.0178 e. The Kier molecular flexibility index (Phi) is 3.94. The molecule has 0 bridgehead atoms. The Bertz CT molecular complexity index is 381. The first kappa shape index (κ1) is 13.1. The summed E-state index contributed by atoms with van der Waals surface area (Å²) < 4.78 is 1.20. The van der Waals surface area contributed by atoms with E-state index in [2.05, 4.69) is 65.9 Å². The highest BCUT2D eigenvalue weighted by molar-refractivity contribution is 9.10. The van der Waals surface area contributed by atoms with Gasteiger partial charge in [0.25, 0.3) is 0 Å². The second-order valence-electron chi connectivity index (χ2n) is 6.01. The van der Waals surface area contributed by atoms with Crippen molar-refractivity contribution >= 4 is 15.9 Å². The van der Waals surface area contributed by atoms with E-state index in [0.29, 0.717) is 11.5 Å². The summed E-state index contributed by atoms with van der Waals surface area (Å²) in [5.41, 5.74) is 1.78. The minimum atomic E-state index is 0.296. The van der Waals surface area contributed by atoms with E-state index in [-0.39, 0.29) is 0 Å². The van der Waals surface area contributed by atoms with Gasteiger partial charge in [0, 0.05) is 16.6 Å². The molecule has 1 atom stereocenters. The number of hydrogen-bond acceptors (Lipinski definition) is 1. The normalized spacial score (nSPS) is 22.7. The number of nitrogens with zero attached hydrogens (tertiary/aromatic N) is 1. The molecule has 1 aliphatic rings. The van der Waals surface area contributed by atoms with Crippen LogP contribution < -0.4 is 0 Å². The fraction of sp³-hybridized carbons (Fsp3) is 0.600. The zero-order valence-corrected chi connectivity index (χ0v) is 12.6. The van der Waals surface area contributed by atoms with Gasteiger partial charge >= 0.3 is 0 Å². The molecule has 17 heavy (non-hydrogen) atoms. The topological polar surface area (TPSA) is 3.24 Å². The number of likely N-dealkylation sites (tertiary alicyclic amines) is 1. The van der Waals surface area contributed by atoms with Crippen molar-refractivity contribution < 1.29 is 0 Å². The van der Waals surface area contributed by atoms with Crippen LogP contribution in [0.3, 0.4) is 0 Å². The van der Waals surface area contributed by atoms with Gasteiger partial charge in [0.15, 0.2) is 0 Å². The van der Waals surface area contributed by atoms with Crippen LogP contribution in [-0.2, 0) is 0 Å². The first-order chi connectivity index (χ1) is 7.97. The molecule has 0 aromatic heterocycles. The van der Waals surface area contributed by atoms with Crippen LogP contribution >= 0.6 is 15.9 Å². The van der Waals surface area contributed by atoms with Crippen LogP contribution in [0, 0.1) is 0 Å². The lowest BCUT2D eigenvalue weighted by molar-refractivity contribution is 0.0986. The quantitative estimate of drug-likeness (QED) is 0.741. The van der Waals surface area contributed by atoms with E-state index in [1.807, 2.05) is 0 Å². The van der Waals surface area contributed by atoms with Crippen molar-refractivity contribution in [2.75, 3.05) is 13.1 Å². The third kappa shape index (κ3) is 3.32. The van der Waals surface area contributed by atoms with Gasteiger partial charge in [-0.3, -0.25) is 4.90 Å². The molecule has 1 fully saturated rings. The van der Waals surface area contributed by atoms with E-state index in [9.17, 15) is 0 Å². The van der Waals surface area contributed by atoms with Crippen LogP contribution in [0.4, 0.5) is 0 Å². The Morgan fingerprint density at radius 2 is 2.06 bits per heavy atom. The summed E-state index contributed by atoms with van der Waals surface area (Å²) in [4.78, 5) is 2.61. The molecule has 0 spiro atoms. The molecule has 1 unspecified atom stereocenters. The van der Waals surface area contributed by atoms with Gasteiger partial charge in [0.05, 0.1) is 0 Å². The molecule has 0 saturated carbocycles. The number of piperidine rings is 1. The molecule has 0 amide bonds. The van der Waals surface area contributed by atoms with Gasteiger partial charge in [-0.25, -0.2) is 0 Å². The molecule has 1 nitrogen and oxygen atoms in total. The number of benzene rings is 1. The molecule has 0 aliphatic carbocycles. The molecule has 1 heterocycles. The van der Waals surface area contributed by atoms with Gasteiger partial charge in [-0.2, -0.15) is 0 Å². The summed E-state index contributed by atoms with van der Waals surface area (Å²) in [6, 6.07) is 8.79. The van der Waals surface area contributed by atoms with E-state index in [1.165, 1.54) is 36.0 Å². The lowest BCUT2D eigenvalue weighted by Crippen LogP contribution is -2.46. The molecule has 0 radical (unpaired) electrons. The zero-order chi connectivity index (χ0) is 12.5. The summed E-state index contributed by atoms with van der Waals surface area (Å²) in [6.07, 6.45) is 2.64. The van der Waals surface area contributed by atoms with Crippen molar-refractivity contribution in [2.45, 2.75) is 45.1 Å². The minimum absolute atomic E-state index is 0.296. The van der Waals surface area contributed by atoms with E-state index >= 15 is 0 Å². The van der Waals surface area contributed by atoms with Crippen molar-refractivity contribution in [3.8, 4) is 0 Å². The summed E-state index contributed by atoms with van der Waals surface area (Å²) in [5, 5.41) is 0. The second kappa shape index (κ2) is 5.11. The highest BCUT2D eigenvalue weighted by Crippen LogP contribution is 2.31. The largest absolute Gasteiger partial charge is 0.298 e. The Morgan fingerprint density at radius 1 is 1.29 bits per heavy atom. The van der Waals surface area contributed by atoms with Crippen LogP contribution in [0.15, 0.2) is 28.7 Å². The Morgan fingerprint density at radius 3 is 2.71 bits per heavy atom. The Labute approximate surface area is 113 Å². The minimum Gasteiger partial charge on any atom is -0.298 e. The van der Waals surface area contributed by atoms with Crippen molar-refractivity contribution in [1.82, 2.24) is 4.90 Å². The third-order valence-electron chi connectivity index (χ3n) is 3.69. The molecule has 94 valence electrons. The first-order valence-electron chi connectivity index (χ1n) is 6.47. The summed E-state index contributed by atoms with van der Waals surface area (Å²) in [5.74, 6) is 0.695. The molecule has 1 aromatic rings. The maximum absolute atomic E-state index is 3.57. The van der Waals surface area contributed by atoms with Crippen LogP contribution in [0.25, 0.3) is 0 Å². The second-order valence-corrected chi connectivity index (χ2v) is 6.93. The molecular formula is C15H22BrN. The maximum atomic E-state index is 3.57. The van der Waals surface area contributed by atoms with Gasteiger partial charge in [-0.1, -0.05) is 28.1 Å². The number of rotatable bonds is 1. The van der Waals surface area contributed by atoms with Crippen molar-refractivity contribution in [1.29, 1.82) is 0 Å². The predicted octanol–water partition coefficient (Wildman–Crippen LogP) is 4.43. The maximum Gasteiger partial charge on any atom is 0.0178 e. The van der Waals surface area contributed by atoms with Gasteiger partial charge in [-0.05, 0) is 63.8 Å². The van der Waals surface area contributed by atoms with E-state index in [0.717, 1.165) is 0 Å². The summed E-state index contributed by atoms with van der Waals surface area (Å²) in [6.45, 7) is 9.39. The average molecular weight is 296 g/mol.